The third-order valence-electron chi connectivity index (χ3n) is 2.84. The minimum absolute atomic E-state index is 0.0421. The van der Waals surface area contributed by atoms with Crippen LogP contribution in [0.3, 0.4) is 0 Å². The normalized spacial score (nSPS) is 13.1. The van der Waals surface area contributed by atoms with E-state index in [1.807, 2.05) is 0 Å². The molecule has 1 atom stereocenters. The Morgan fingerprint density at radius 2 is 2.00 bits per heavy atom. The van der Waals surface area contributed by atoms with E-state index in [9.17, 15) is 14.7 Å². The van der Waals surface area contributed by atoms with Crippen molar-refractivity contribution in [1.82, 2.24) is 18.7 Å². The van der Waals surface area contributed by atoms with E-state index >= 15 is 0 Å². The first-order valence-corrected chi connectivity index (χ1v) is 5.37. The number of aryl methyl sites for hydroxylation is 1. The number of imidazole rings is 1. The average Bonchev–Trinajstić information content (AvgIpc) is 2.77. The molecule has 0 bridgehead atoms. The summed E-state index contributed by atoms with van der Waals surface area (Å²) in [7, 11) is 2.90. The molecule has 0 saturated carbocycles. The summed E-state index contributed by atoms with van der Waals surface area (Å²) in [5.41, 5.74) is -0.448. The number of aliphatic hydroxyl groups excluding tert-OH is 2. The lowest BCUT2D eigenvalue weighted by molar-refractivity contribution is 0.0820. The van der Waals surface area contributed by atoms with Crippen LogP contribution in [-0.4, -0.2) is 41.6 Å². The summed E-state index contributed by atoms with van der Waals surface area (Å²) in [5.74, 6) is 0. The molecule has 98 valence electrons. The van der Waals surface area contributed by atoms with Crippen molar-refractivity contribution >= 4 is 11.2 Å². The quantitative estimate of drug-likeness (QED) is 0.646. The van der Waals surface area contributed by atoms with Crippen molar-refractivity contribution < 1.29 is 10.2 Å². The van der Waals surface area contributed by atoms with Gasteiger partial charge in [-0.25, -0.2) is 9.78 Å². The lowest BCUT2D eigenvalue weighted by Crippen LogP contribution is -2.38. The van der Waals surface area contributed by atoms with E-state index in [0.717, 1.165) is 4.57 Å². The number of nitrogens with zero attached hydrogens (tertiary/aromatic N) is 4. The fraction of sp³-hybridized carbons (Fsp3) is 0.500. The minimum atomic E-state index is -0.982. The summed E-state index contributed by atoms with van der Waals surface area (Å²) >= 11 is 0. The molecule has 0 fully saturated rings. The van der Waals surface area contributed by atoms with Gasteiger partial charge in [0.1, 0.15) is 0 Å². The monoisotopic (exact) mass is 254 g/mol. The van der Waals surface area contributed by atoms with Gasteiger partial charge in [-0.15, -0.1) is 0 Å². The lowest BCUT2D eigenvalue weighted by atomic mass is 10.3. The predicted molar refractivity (Wildman–Crippen MR) is 63.3 cm³/mol. The first kappa shape index (κ1) is 12.5. The van der Waals surface area contributed by atoms with Gasteiger partial charge < -0.3 is 14.8 Å². The molecule has 0 spiro atoms. The average molecular weight is 254 g/mol. The van der Waals surface area contributed by atoms with E-state index in [1.54, 1.807) is 0 Å². The topological polar surface area (TPSA) is 102 Å². The van der Waals surface area contributed by atoms with Gasteiger partial charge in [-0.1, -0.05) is 0 Å². The van der Waals surface area contributed by atoms with Gasteiger partial charge >= 0.3 is 5.69 Å². The zero-order chi connectivity index (χ0) is 13.4. The largest absolute Gasteiger partial charge is 0.394 e. The SMILES string of the molecule is Cn1c(=O)c2c(ncn2C[C@H](O)CO)n(C)c1=O. The van der Waals surface area contributed by atoms with Crippen molar-refractivity contribution in [3.05, 3.63) is 27.2 Å². The van der Waals surface area contributed by atoms with Gasteiger partial charge in [0.15, 0.2) is 11.2 Å². The van der Waals surface area contributed by atoms with Crippen LogP contribution in [0.4, 0.5) is 0 Å². The van der Waals surface area contributed by atoms with Crippen molar-refractivity contribution in [3.8, 4) is 0 Å². The number of fused-ring (bicyclic) bond motifs is 1. The Balaban J connectivity index is 2.74. The molecule has 0 amide bonds. The van der Waals surface area contributed by atoms with E-state index in [1.165, 1.54) is 29.6 Å². The van der Waals surface area contributed by atoms with Gasteiger partial charge in [0.25, 0.3) is 5.56 Å². The Morgan fingerprint density at radius 1 is 1.33 bits per heavy atom. The number of hydrogen-bond acceptors (Lipinski definition) is 5. The first-order chi connectivity index (χ1) is 8.47. The van der Waals surface area contributed by atoms with Crippen molar-refractivity contribution in [2.45, 2.75) is 12.6 Å². The molecule has 0 aliphatic rings. The number of aromatic nitrogens is 4. The molecule has 0 unspecified atom stereocenters. The van der Waals surface area contributed by atoms with Crippen molar-refractivity contribution in [1.29, 1.82) is 0 Å². The second kappa shape index (κ2) is 4.39. The molecule has 2 rings (SSSR count). The van der Waals surface area contributed by atoms with Crippen LogP contribution in [0, 0.1) is 0 Å². The van der Waals surface area contributed by atoms with E-state index in [2.05, 4.69) is 4.98 Å². The smallest absolute Gasteiger partial charge is 0.332 e. The minimum Gasteiger partial charge on any atom is -0.394 e. The molecule has 2 aromatic rings. The molecule has 8 nitrogen and oxygen atoms in total. The maximum Gasteiger partial charge on any atom is 0.332 e. The third-order valence-corrected chi connectivity index (χ3v) is 2.84. The molecule has 8 heteroatoms. The van der Waals surface area contributed by atoms with Crippen molar-refractivity contribution in [2.75, 3.05) is 6.61 Å². The maximum atomic E-state index is 12.0. The first-order valence-electron chi connectivity index (χ1n) is 5.37. The zero-order valence-electron chi connectivity index (χ0n) is 10.1. The zero-order valence-corrected chi connectivity index (χ0v) is 10.1. The van der Waals surface area contributed by atoms with E-state index in [0.29, 0.717) is 0 Å². The highest BCUT2D eigenvalue weighted by molar-refractivity contribution is 5.69. The fourth-order valence-electron chi connectivity index (χ4n) is 1.82. The Bertz CT molecular complexity index is 696. The summed E-state index contributed by atoms with van der Waals surface area (Å²) in [6.07, 6.45) is 0.383. The second-order valence-electron chi connectivity index (χ2n) is 4.11. The van der Waals surface area contributed by atoms with E-state index < -0.39 is 24.0 Å². The third kappa shape index (κ3) is 1.75. The van der Waals surface area contributed by atoms with Gasteiger partial charge in [-0.05, 0) is 0 Å². The molecule has 0 saturated heterocycles. The van der Waals surface area contributed by atoms with Gasteiger partial charge in [0, 0.05) is 14.1 Å². The van der Waals surface area contributed by atoms with Crippen LogP contribution in [0.5, 0.6) is 0 Å². The highest BCUT2D eigenvalue weighted by atomic mass is 16.3. The van der Waals surface area contributed by atoms with Crippen LogP contribution in [0.25, 0.3) is 11.2 Å². The van der Waals surface area contributed by atoms with E-state index in [4.69, 9.17) is 5.11 Å². The van der Waals surface area contributed by atoms with Crippen LogP contribution < -0.4 is 11.2 Å². The van der Waals surface area contributed by atoms with Gasteiger partial charge in [0.2, 0.25) is 0 Å². The molecule has 0 radical (unpaired) electrons. The summed E-state index contributed by atoms with van der Waals surface area (Å²) in [4.78, 5) is 27.7. The molecule has 2 N–H and O–H groups in total. The number of hydrogen-bond donors (Lipinski definition) is 2. The highest BCUT2D eigenvalue weighted by Gasteiger charge is 2.15. The highest BCUT2D eigenvalue weighted by Crippen LogP contribution is 2.06. The molecule has 0 aromatic carbocycles. The van der Waals surface area contributed by atoms with Crippen molar-refractivity contribution in [3.63, 3.8) is 0 Å². The predicted octanol–water partition coefficient (Wildman–Crippen LogP) is -2.21. The van der Waals surface area contributed by atoms with Crippen LogP contribution in [-0.2, 0) is 20.6 Å². The Kier molecular flexibility index (Phi) is 3.05. The molecular weight excluding hydrogens is 240 g/mol. The Labute approximate surface area is 101 Å². The molecule has 0 aliphatic heterocycles. The summed E-state index contributed by atoms with van der Waals surface area (Å²) in [6.45, 7) is -0.369. The molecule has 18 heavy (non-hydrogen) atoms. The summed E-state index contributed by atoms with van der Waals surface area (Å²) < 4.78 is 3.67. The van der Waals surface area contributed by atoms with Crippen LogP contribution in [0.2, 0.25) is 0 Å². The van der Waals surface area contributed by atoms with Crippen molar-refractivity contribution in [2.24, 2.45) is 14.1 Å². The maximum absolute atomic E-state index is 12.0. The molecular formula is C10H14N4O4. The molecule has 0 aliphatic carbocycles. The van der Waals surface area contributed by atoms with Gasteiger partial charge in [0.05, 0.1) is 25.6 Å². The number of rotatable bonds is 3. The second-order valence-corrected chi connectivity index (χ2v) is 4.11. The van der Waals surface area contributed by atoms with Crippen LogP contribution in [0.1, 0.15) is 0 Å². The standard InChI is InChI=1S/C10H14N4O4/c1-12-8-7(9(17)13(2)10(12)18)14(5-11-8)3-6(16)4-15/h5-6,15-16H,3-4H2,1-2H3/t6-/m0/s1. The van der Waals surface area contributed by atoms with Crippen LogP contribution in [0.15, 0.2) is 15.9 Å². The lowest BCUT2D eigenvalue weighted by Gasteiger charge is -2.09. The molecule has 2 aromatic heterocycles. The number of aliphatic hydroxyl groups is 2. The van der Waals surface area contributed by atoms with Gasteiger partial charge in [-0.2, -0.15) is 0 Å². The van der Waals surface area contributed by atoms with Gasteiger partial charge in [-0.3, -0.25) is 13.9 Å². The van der Waals surface area contributed by atoms with E-state index in [-0.39, 0.29) is 17.7 Å². The summed E-state index contributed by atoms with van der Waals surface area (Å²) in [6, 6.07) is 0. The molecule has 2 heterocycles. The Hall–Kier alpha value is -1.93. The fourth-order valence-corrected chi connectivity index (χ4v) is 1.82. The van der Waals surface area contributed by atoms with Crippen LogP contribution >= 0.6 is 0 Å². The Morgan fingerprint density at radius 3 is 2.61 bits per heavy atom. The summed E-state index contributed by atoms with van der Waals surface area (Å²) in [5, 5.41) is 18.2.